The van der Waals surface area contributed by atoms with E-state index in [-0.39, 0.29) is 10.5 Å². The zero-order valence-electron chi connectivity index (χ0n) is 9.80. The van der Waals surface area contributed by atoms with Crippen LogP contribution in [-0.2, 0) is 6.18 Å². The van der Waals surface area contributed by atoms with Crippen molar-refractivity contribution in [3.63, 3.8) is 0 Å². The van der Waals surface area contributed by atoms with Gasteiger partial charge in [-0.05, 0) is 12.1 Å². The Balaban J connectivity index is 2.66. The number of aromatic nitrogens is 1. The van der Waals surface area contributed by atoms with Crippen LogP contribution in [0.25, 0.3) is 10.9 Å². The Labute approximate surface area is 117 Å². The summed E-state index contributed by atoms with van der Waals surface area (Å²) in [6, 6.07) is 6.03. The minimum atomic E-state index is -4.48. The van der Waals surface area contributed by atoms with Gasteiger partial charge in [0.25, 0.3) is 0 Å². The van der Waals surface area contributed by atoms with Crippen LogP contribution < -0.4 is 5.73 Å². The number of alkyl halides is 3. The summed E-state index contributed by atoms with van der Waals surface area (Å²) >= 11 is 7.26. The third-order valence-electron chi connectivity index (χ3n) is 2.44. The Hall–Kier alpha value is -0.980. The van der Waals surface area contributed by atoms with Crippen molar-refractivity contribution in [3.8, 4) is 0 Å². The van der Waals surface area contributed by atoms with E-state index in [4.69, 9.17) is 11.6 Å². The highest BCUT2D eigenvalue weighted by Gasteiger charge is 2.33. The molecule has 0 aliphatic heterocycles. The average Bonchev–Trinajstić information content (AvgIpc) is 2.35. The smallest absolute Gasteiger partial charge is 0.357 e. The molecule has 0 amide bonds. The Kier molecular flexibility index (Phi) is 4.23. The van der Waals surface area contributed by atoms with Gasteiger partial charge in [0.15, 0.2) is 0 Å². The van der Waals surface area contributed by atoms with Gasteiger partial charge in [-0.1, -0.05) is 23.7 Å². The second-order valence-electron chi connectivity index (χ2n) is 3.84. The molecular weight excluding hydrogens is 297 g/mol. The quantitative estimate of drug-likeness (QED) is 0.884. The van der Waals surface area contributed by atoms with Crippen molar-refractivity contribution in [2.24, 2.45) is 0 Å². The molecule has 0 unspecified atom stereocenters. The lowest BCUT2D eigenvalue weighted by molar-refractivity contribution is -0.360. The first-order valence-electron chi connectivity index (χ1n) is 5.52. The number of halogens is 4. The molecule has 19 heavy (non-hydrogen) atoms. The second-order valence-corrected chi connectivity index (χ2v) is 5.39. The molecule has 0 radical (unpaired) electrons. The van der Waals surface area contributed by atoms with Gasteiger partial charge in [0.1, 0.15) is 5.69 Å². The zero-order valence-corrected chi connectivity index (χ0v) is 11.4. The van der Waals surface area contributed by atoms with E-state index in [0.29, 0.717) is 22.6 Å². The van der Waals surface area contributed by atoms with Crippen LogP contribution in [0.3, 0.4) is 0 Å². The fraction of sp³-hybridized carbons (Fsp3) is 0.250. The lowest BCUT2D eigenvalue weighted by Gasteiger charge is -2.11. The van der Waals surface area contributed by atoms with E-state index in [1.165, 1.54) is 17.8 Å². The SMILES string of the molecule is [NH3+]CCSc1cc(C(F)(F)F)nc2c(Cl)cccc12. The average molecular weight is 308 g/mol. The van der Waals surface area contributed by atoms with Gasteiger partial charge in [-0.25, -0.2) is 4.98 Å². The maximum Gasteiger partial charge on any atom is 0.433 e. The number of benzene rings is 1. The van der Waals surface area contributed by atoms with Crippen LogP contribution in [0.1, 0.15) is 5.69 Å². The van der Waals surface area contributed by atoms with Crippen LogP contribution in [-0.4, -0.2) is 17.3 Å². The maximum atomic E-state index is 12.8. The third-order valence-corrected chi connectivity index (χ3v) is 3.89. The number of rotatable bonds is 3. The molecule has 102 valence electrons. The fourth-order valence-corrected chi connectivity index (χ4v) is 2.73. The van der Waals surface area contributed by atoms with E-state index in [9.17, 15) is 13.2 Å². The minimum Gasteiger partial charge on any atom is -0.357 e. The van der Waals surface area contributed by atoms with Crippen molar-refractivity contribution in [2.45, 2.75) is 11.1 Å². The summed E-state index contributed by atoms with van der Waals surface area (Å²) in [5, 5.41) is 0.860. The van der Waals surface area contributed by atoms with E-state index < -0.39 is 11.9 Å². The summed E-state index contributed by atoms with van der Waals surface area (Å²) in [6.45, 7) is 0.635. The molecule has 1 aromatic carbocycles. The lowest BCUT2D eigenvalue weighted by atomic mass is 10.2. The molecule has 2 rings (SSSR count). The van der Waals surface area contributed by atoms with Crippen LogP contribution in [0.5, 0.6) is 0 Å². The number of hydrogen-bond acceptors (Lipinski definition) is 2. The van der Waals surface area contributed by atoms with Crippen LogP contribution in [0.2, 0.25) is 5.02 Å². The summed E-state index contributed by atoms with van der Waals surface area (Å²) in [7, 11) is 0. The standard InChI is InChI=1S/C12H10ClF3N2S/c13-8-3-1-2-7-9(19-5-4-17)6-10(12(14,15)16)18-11(7)8/h1-3,6H,4-5,17H2/p+1. The molecule has 0 aliphatic rings. The molecule has 1 aromatic heterocycles. The predicted octanol–water partition coefficient (Wildman–Crippen LogP) is 3.24. The number of hydrogen-bond donors (Lipinski definition) is 1. The molecular formula is C12H11ClF3N2S+. The lowest BCUT2D eigenvalue weighted by Crippen LogP contribution is -2.51. The van der Waals surface area contributed by atoms with E-state index in [2.05, 4.69) is 10.7 Å². The molecule has 0 saturated carbocycles. The Morgan fingerprint density at radius 1 is 1.32 bits per heavy atom. The van der Waals surface area contributed by atoms with E-state index >= 15 is 0 Å². The first-order valence-corrected chi connectivity index (χ1v) is 6.88. The van der Waals surface area contributed by atoms with Crippen molar-refractivity contribution >= 4 is 34.3 Å². The molecule has 0 aliphatic carbocycles. The van der Waals surface area contributed by atoms with E-state index in [1.54, 1.807) is 12.1 Å². The monoisotopic (exact) mass is 307 g/mol. The number of fused-ring (bicyclic) bond motifs is 1. The highest BCUT2D eigenvalue weighted by atomic mass is 35.5. The predicted molar refractivity (Wildman–Crippen MR) is 70.2 cm³/mol. The number of nitrogens with zero attached hydrogens (tertiary/aromatic N) is 1. The fourth-order valence-electron chi connectivity index (χ4n) is 1.63. The van der Waals surface area contributed by atoms with Gasteiger partial charge in [0.2, 0.25) is 0 Å². The Bertz CT molecular complexity index is 601. The summed E-state index contributed by atoms with van der Waals surface area (Å²) in [5.41, 5.74) is 2.95. The summed E-state index contributed by atoms with van der Waals surface area (Å²) < 4.78 is 38.5. The number of thioether (sulfide) groups is 1. The molecule has 1 heterocycles. The van der Waals surface area contributed by atoms with Crippen molar-refractivity contribution in [1.82, 2.24) is 4.98 Å². The highest BCUT2D eigenvalue weighted by Crippen LogP contribution is 2.36. The second kappa shape index (κ2) is 5.56. The van der Waals surface area contributed by atoms with Gasteiger partial charge >= 0.3 is 6.18 Å². The molecule has 0 spiro atoms. The van der Waals surface area contributed by atoms with Crippen LogP contribution in [0.4, 0.5) is 13.2 Å². The van der Waals surface area contributed by atoms with Gasteiger partial charge in [-0.3, -0.25) is 0 Å². The largest absolute Gasteiger partial charge is 0.433 e. The van der Waals surface area contributed by atoms with Crippen molar-refractivity contribution < 1.29 is 18.9 Å². The summed E-state index contributed by atoms with van der Waals surface area (Å²) in [5.74, 6) is 0.642. The van der Waals surface area contributed by atoms with Crippen LogP contribution in [0.15, 0.2) is 29.2 Å². The van der Waals surface area contributed by atoms with Gasteiger partial charge < -0.3 is 5.73 Å². The zero-order chi connectivity index (χ0) is 14.0. The molecule has 0 atom stereocenters. The van der Waals surface area contributed by atoms with Crippen LogP contribution in [0, 0.1) is 0 Å². The van der Waals surface area contributed by atoms with Gasteiger partial charge in [0.05, 0.1) is 17.1 Å². The van der Waals surface area contributed by atoms with Gasteiger partial charge in [-0.15, -0.1) is 11.8 Å². The maximum absolute atomic E-state index is 12.8. The molecule has 2 aromatic rings. The van der Waals surface area contributed by atoms with Gasteiger partial charge in [0, 0.05) is 16.0 Å². The van der Waals surface area contributed by atoms with E-state index in [1.807, 2.05) is 0 Å². The van der Waals surface area contributed by atoms with E-state index in [0.717, 1.165) is 6.07 Å². The number of quaternary nitrogens is 1. The van der Waals surface area contributed by atoms with Crippen molar-refractivity contribution in [3.05, 3.63) is 35.0 Å². The van der Waals surface area contributed by atoms with Crippen LogP contribution >= 0.6 is 23.4 Å². The molecule has 0 saturated heterocycles. The summed E-state index contributed by atoms with van der Waals surface area (Å²) in [4.78, 5) is 4.16. The topological polar surface area (TPSA) is 40.5 Å². The molecule has 0 fully saturated rings. The number of pyridine rings is 1. The summed E-state index contributed by atoms with van der Waals surface area (Å²) in [6.07, 6.45) is -4.48. The first kappa shape index (κ1) is 14.4. The first-order chi connectivity index (χ1) is 8.93. The number of para-hydroxylation sites is 1. The van der Waals surface area contributed by atoms with Crippen molar-refractivity contribution in [1.29, 1.82) is 0 Å². The molecule has 7 heteroatoms. The third kappa shape index (κ3) is 3.13. The normalized spacial score (nSPS) is 12.1. The highest BCUT2D eigenvalue weighted by molar-refractivity contribution is 7.99. The Morgan fingerprint density at radius 3 is 2.68 bits per heavy atom. The minimum absolute atomic E-state index is 0.186. The molecule has 2 nitrogen and oxygen atoms in total. The molecule has 3 N–H and O–H groups in total. The molecule has 0 bridgehead atoms. The Morgan fingerprint density at radius 2 is 2.05 bits per heavy atom. The van der Waals surface area contributed by atoms with Gasteiger partial charge in [-0.2, -0.15) is 13.2 Å². The van der Waals surface area contributed by atoms with Crippen molar-refractivity contribution in [2.75, 3.05) is 12.3 Å².